The standard InChI is InChI=1S/C24H23FN4O3/c1-28(2)24(31)19-9-8-17(14-20(19)25)32-21-13-16(12-15-6-4-5-7-18(15)21)23(30)26-22-10-11-29(3)27-22/h5,7-14H,4,6H2,1-3H3,(H,26,27,30). The maximum Gasteiger partial charge on any atom is 0.257 e. The van der Waals surface area contributed by atoms with Crippen LogP contribution in [0.1, 0.15) is 38.3 Å². The minimum Gasteiger partial charge on any atom is -0.457 e. The Bertz CT molecular complexity index is 1230. The van der Waals surface area contributed by atoms with Crippen molar-refractivity contribution in [2.24, 2.45) is 7.05 Å². The predicted molar refractivity (Wildman–Crippen MR) is 119 cm³/mol. The van der Waals surface area contributed by atoms with Gasteiger partial charge in [-0.25, -0.2) is 4.39 Å². The molecule has 164 valence electrons. The van der Waals surface area contributed by atoms with E-state index in [1.807, 2.05) is 18.2 Å². The van der Waals surface area contributed by atoms with Gasteiger partial charge in [0.25, 0.3) is 11.8 Å². The molecule has 0 saturated heterocycles. The molecule has 0 atom stereocenters. The van der Waals surface area contributed by atoms with Gasteiger partial charge in [0, 0.05) is 50.6 Å². The molecule has 0 unspecified atom stereocenters. The highest BCUT2D eigenvalue weighted by Crippen LogP contribution is 2.34. The Hall–Kier alpha value is -3.94. The number of carbonyl (C=O) groups is 2. The number of nitrogens with one attached hydrogen (secondary N) is 1. The second kappa shape index (κ2) is 8.66. The summed E-state index contributed by atoms with van der Waals surface area (Å²) in [5.74, 6) is -0.293. The third kappa shape index (κ3) is 4.39. The Kier molecular flexibility index (Phi) is 5.77. The van der Waals surface area contributed by atoms with Crippen molar-refractivity contribution in [2.75, 3.05) is 19.4 Å². The summed E-state index contributed by atoms with van der Waals surface area (Å²) in [7, 11) is 4.89. The van der Waals surface area contributed by atoms with E-state index in [0.29, 0.717) is 17.1 Å². The van der Waals surface area contributed by atoms with E-state index in [4.69, 9.17) is 4.74 Å². The molecule has 1 heterocycles. The van der Waals surface area contributed by atoms with Crippen molar-refractivity contribution in [3.63, 3.8) is 0 Å². The fourth-order valence-corrected chi connectivity index (χ4v) is 3.51. The molecule has 7 nitrogen and oxygen atoms in total. The predicted octanol–water partition coefficient (Wildman–Crippen LogP) is 4.27. The lowest BCUT2D eigenvalue weighted by Gasteiger charge is -2.18. The minimum absolute atomic E-state index is 0.0345. The zero-order valence-electron chi connectivity index (χ0n) is 18.1. The lowest BCUT2D eigenvalue weighted by atomic mass is 9.94. The number of carbonyl (C=O) groups excluding carboxylic acids is 2. The van der Waals surface area contributed by atoms with Gasteiger partial charge < -0.3 is 15.0 Å². The lowest BCUT2D eigenvalue weighted by Crippen LogP contribution is -2.22. The van der Waals surface area contributed by atoms with Gasteiger partial charge >= 0.3 is 0 Å². The van der Waals surface area contributed by atoms with Crippen molar-refractivity contribution in [3.8, 4) is 11.5 Å². The first-order chi connectivity index (χ1) is 15.3. The van der Waals surface area contributed by atoms with Crippen LogP contribution in [0, 0.1) is 5.82 Å². The number of hydrogen-bond acceptors (Lipinski definition) is 4. The molecule has 0 radical (unpaired) electrons. The van der Waals surface area contributed by atoms with Crippen LogP contribution in [0.3, 0.4) is 0 Å². The molecule has 0 spiro atoms. The second-order valence-electron chi connectivity index (χ2n) is 7.76. The van der Waals surface area contributed by atoms with E-state index in [1.165, 1.54) is 17.0 Å². The summed E-state index contributed by atoms with van der Waals surface area (Å²) in [4.78, 5) is 26.2. The number of aromatic nitrogens is 2. The number of amides is 2. The first-order valence-electron chi connectivity index (χ1n) is 10.2. The average Bonchev–Trinajstić information content (AvgIpc) is 3.17. The number of allylic oxidation sites excluding steroid dienone is 1. The van der Waals surface area contributed by atoms with Crippen LogP contribution < -0.4 is 10.1 Å². The molecule has 0 bridgehead atoms. The van der Waals surface area contributed by atoms with Crippen LogP contribution in [0.5, 0.6) is 11.5 Å². The van der Waals surface area contributed by atoms with Gasteiger partial charge in [0.15, 0.2) is 5.82 Å². The summed E-state index contributed by atoms with van der Waals surface area (Å²) in [5.41, 5.74) is 2.20. The van der Waals surface area contributed by atoms with Gasteiger partial charge in [-0.15, -0.1) is 0 Å². The van der Waals surface area contributed by atoms with E-state index >= 15 is 0 Å². The highest BCUT2D eigenvalue weighted by molar-refractivity contribution is 6.04. The Morgan fingerprint density at radius 1 is 1.19 bits per heavy atom. The number of aryl methyl sites for hydroxylation is 2. The minimum atomic E-state index is -0.672. The van der Waals surface area contributed by atoms with Crippen molar-refractivity contribution in [2.45, 2.75) is 12.8 Å². The highest BCUT2D eigenvalue weighted by Gasteiger charge is 2.19. The van der Waals surface area contributed by atoms with E-state index in [1.54, 1.807) is 50.2 Å². The monoisotopic (exact) mass is 434 g/mol. The van der Waals surface area contributed by atoms with E-state index in [0.717, 1.165) is 24.0 Å². The van der Waals surface area contributed by atoms with Gasteiger partial charge in [-0.2, -0.15) is 5.10 Å². The van der Waals surface area contributed by atoms with E-state index in [-0.39, 0.29) is 17.2 Å². The highest BCUT2D eigenvalue weighted by atomic mass is 19.1. The van der Waals surface area contributed by atoms with E-state index in [9.17, 15) is 14.0 Å². The molecule has 0 saturated carbocycles. The quantitative estimate of drug-likeness (QED) is 0.651. The molecule has 1 aliphatic carbocycles. The summed E-state index contributed by atoms with van der Waals surface area (Å²) in [6.07, 6.45) is 7.32. The van der Waals surface area contributed by atoms with Gasteiger partial charge in [-0.05, 0) is 42.7 Å². The molecule has 8 heteroatoms. The number of anilines is 1. The molecular weight excluding hydrogens is 411 g/mol. The number of rotatable bonds is 5. The SMILES string of the molecule is CN(C)C(=O)c1ccc(Oc2cc(C(=O)Nc3ccn(C)n3)cc3c2C=CCC3)cc1F. The van der Waals surface area contributed by atoms with Crippen LogP contribution in [-0.4, -0.2) is 40.6 Å². The molecular formula is C24H23FN4O3. The zero-order chi connectivity index (χ0) is 22.8. The molecule has 2 amide bonds. The fraction of sp³-hybridized carbons (Fsp3) is 0.208. The van der Waals surface area contributed by atoms with Gasteiger partial charge in [-0.3, -0.25) is 14.3 Å². The molecule has 1 aliphatic rings. The van der Waals surface area contributed by atoms with E-state index < -0.39 is 11.7 Å². The Balaban J connectivity index is 1.65. The summed E-state index contributed by atoms with van der Waals surface area (Å²) in [6, 6.07) is 9.28. The van der Waals surface area contributed by atoms with Gasteiger partial charge in [0.05, 0.1) is 5.56 Å². The Morgan fingerprint density at radius 2 is 2.00 bits per heavy atom. The number of fused-ring (bicyclic) bond motifs is 1. The van der Waals surface area contributed by atoms with Crippen LogP contribution in [-0.2, 0) is 13.5 Å². The maximum absolute atomic E-state index is 14.5. The second-order valence-corrected chi connectivity index (χ2v) is 7.76. The number of hydrogen-bond donors (Lipinski definition) is 1. The first-order valence-corrected chi connectivity index (χ1v) is 10.2. The van der Waals surface area contributed by atoms with Crippen molar-refractivity contribution >= 4 is 23.7 Å². The number of nitrogens with zero attached hydrogens (tertiary/aromatic N) is 3. The lowest BCUT2D eigenvalue weighted by molar-refractivity contribution is 0.0822. The first kappa shape index (κ1) is 21.3. The van der Waals surface area contributed by atoms with E-state index in [2.05, 4.69) is 10.4 Å². The zero-order valence-corrected chi connectivity index (χ0v) is 18.1. The Labute approximate surface area is 185 Å². The molecule has 0 fully saturated rings. The number of ether oxygens (including phenoxy) is 1. The number of halogens is 1. The van der Waals surface area contributed by atoms with Crippen molar-refractivity contribution in [1.29, 1.82) is 0 Å². The summed E-state index contributed by atoms with van der Waals surface area (Å²) in [5, 5.41) is 6.94. The average molecular weight is 434 g/mol. The summed E-state index contributed by atoms with van der Waals surface area (Å²) < 4.78 is 22.1. The smallest absolute Gasteiger partial charge is 0.257 e. The molecule has 2 aromatic carbocycles. The van der Waals surface area contributed by atoms with Crippen molar-refractivity contribution in [1.82, 2.24) is 14.7 Å². The van der Waals surface area contributed by atoms with Gasteiger partial charge in [-0.1, -0.05) is 12.2 Å². The molecule has 0 aliphatic heterocycles. The van der Waals surface area contributed by atoms with Crippen LogP contribution >= 0.6 is 0 Å². The third-order valence-electron chi connectivity index (χ3n) is 5.11. The van der Waals surface area contributed by atoms with Crippen LogP contribution in [0.4, 0.5) is 10.2 Å². The maximum atomic E-state index is 14.5. The molecule has 3 aromatic rings. The van der Waals surface area contributed by atoms with Crippen LogP contribution in [0.15, 0.2) is 48.7 Å². The van der Waals surface area contributed by atoms with Gasteiger partial charge in [0.2, 0.25) is 0 Å². The molecule has 1 aromatic heterocycles. The normalized spacial score (nSPS) is 12.2. The fourth-order valence-electron chi connectivity index (χ4n) is 3.51. The van der Waals surface area contributed by atoms with Gasteiger partial charge in [0.1, 0.15) is 17.3 Å². The summed E-state index contributed by atoms with van der Waals surface area (Å²) in [6.45, 7) is 0. The third-order valence-corrected chi connectivity index (χ3v) is 5.11. The van der Waals surface area contributed by atoms with Crippen LogP contribution in [0.2, 0.25) is 0 Å². The Morgan fingerprint density at radius 3 is 2.69 bits per heavy atom. The molecule has 4 rings (SSSR count). The largest absolute Gasteiger partial charge is 0.457 e. The van der Waals surface area contributed by atoms with Crippen LogP contribution in [0.25, 0.3) is 6.08 Å². The number of benzene rings is 2. The van der Waals surface area contributed by atoms with Crippen molar-refractivity contribution in [3.05, 3.63) is 76.7 Å². The topological polar surface area (TPSA) is 76.5 Å². The molecule has 32 heavy (non-hydrogen) atoms. The van der Waals surface area contributed by atoms with Crippen molar-refractivity contribution < 1.29 is 18.7 Å². The summed E-state index contributed by atoms with van der Waals surface area (Å²) >= 11 is 0. The molecule has 1 N–H and O–H groups in total.